The number of benzene rings is 2. The standard InChI is InChI=1S/C16H18N4O.C7H13N5/c1-10-4-6-13(12(3)8-10)19-20-14-7-5-11(2)9-15(14)18-16(17)21;1-5-9-7(11(2)3)10-6(8)12(5)4/h4-9H,1-3H3,(H3,17,18,21);8H,1-4H3/p+1. The molecule has 0 unspecified atom stereocenters. The average molecular weight is 451 g/mol. The van der Waals surface area contributed by atoms with Crippen LogP contribution in [0.5, 0.6) is 0 Å². The molecule has 3 aromatic rings. The lowest BCUT2D eigenvalue weighted by Gasteiger charge is -2.06. The minimum absolute atomic E-state index is 0.478. The van der Waals surface area contributed by atoms with Crippen LogP contribution in [0.1, 0.15) is 22.5 Å². The number of primary amides is 1. The molecular weight excluding hydrogens is 418 g/mol. The summed E-state index contributed by atoms with van der Waals surface area (Å²) in [6.07, 6.45) is 0. The van der Waals surface area contributed by atoms with Gasteiger partial charge in [-0.1, -0.05) is 33.7 Å². The molecule has 0 aliphatic rings. The zero-order chi connectivity index (χ0) is 24.7. The Labute approximate surface area is 194 Å². The van der Waals surface area contributed by atoms with Crippen LogP contribution in [0.15, 0.2) is 46.6 Å². The third kappa shape index (κ3) is 7.23. The maximum absolute atomic E-state index is 11.0. The lowest BCUT2D eigenvalue weighted by atomic mass is 10.1. The predicted molar refractivity (Wildman–Crippen MR) is 131 cm³/mol. The fraction of sp³-hybridized carbons (Fsp3) is 0.304. The van der Waals surface area contributed by atoms with Crippen LogP contribution in [0.3, 0.4) is 0 Å². The van der Waals surface area contributed by atoms with Crippen molar-refractivity contribution in [3.63, 3.8) is 0 Å². The number of azo groups is 1. The maximum atomic E-state index is 11.0. The van der Waals surface area contributed by atoms with Gasteiger partial charge in [-0.15, -0.1) is 5.11 Å². The van der Waals surface area contributed by atoms with Crippen molar-refractivity contribution in [3.8, 4) is 0 Å². The second kappa shape index (κ2) is 11.0. The molecule has 33 heavy (non-hydrogen) atoms. The SMILES string of the molecule is Cc1ccc(N=Nc2ccc(C)cc2NC(N)=O)c(C)c1.Cc1nc(N(C)C)nc(N)[n+]1C. The number of nitrogens with one attached hydrogen (secondary N) is 1. The summed E-state index contributed by atoms with van der Waals surface area (Å²) < 4.78 is 1.74. The number of nitrogens with two attached hydrogens (primary N) is 2. The molecule has 174 valence electrons. The fourth-order valence-electron chi connectivity index (χ4n) is 2.78. The van der Waals surface area contributed by atoms with Crippen molar-refractivity contribution >= 4 is 35.0 Å². The van der Waals surface area contributed by atoms with E-state index in [1.807, 2.05) is 78.0 Å². The van der Waals surface area contributed by atoms with E-state index in [0.29, 0.717) is 23.3 Å². The monoisotopic (exact) mass is 450 g/mol. The first-order valence-electron chi connectivity index (χ1n) is 10.3. The molecule has 2 aromatic carbocycles. The zero-order valence-electron chi connectivity index (χ0n) is 20.2. The van der Waals surface area contributed by atoms with E-state index in [0.717, 1.165) is 22.6 Å². The number of urea groups is 1. The number of rotatable bonds is 4. The summed E-state index contributed by atoms with van der Waals surface area (Å²) in [5.74, 6) is 1.97. The summed E-state index contributed by atoms with van der Waals surface area (Å²) in [4.78, 5) is 21.2. The number of carbonyl (C=O) groups excluding carboxylic acids is 1. The molecule has 0 radical (unpaired) electrons. The Balaban J connectivity index is 0.000000273. The van der Waals surface area contributed by atoms with E-state index in [9.17, 15) is 4.79 Å². The van der Waals surface area contributed by atoms with Crippen LogP contribution in [0.25, 0.3) is 0 Å². The van der Waals surface area contributed by atoms with Crippen molar-refractivity contribution in [2.24, 2.45) is 23.0 Å². The average Bonchev–Trinajstić information content (AvgIpc) is 2.72. The normalized spacial score (nSPS) is 10.5. The Bertz CT molecular complexity index is 1150. The molecule has 1 heterocycles. The first kappa shape index (κ1) is 25.2. The Kier molecular flexibility index (Phi) is 8.38. The van der Waals surface area contributed by atoms with Gasteiger partial charge in [0.2, 0.25) is 5.82 Å². The van der Waals surface area contributed by atoms with E-state index in [4.69, 9.17) is 11.5 Å². The van der Waals surface area contributed by atoms with Crippen LogP contribution in [0.2, 0.25) is 0 Å². The third-order valence-corrected chi connectivity index (χ3v) is 4.73. The molecule has 0 fully saturated rings. The molecule has 2 amide bonds. The number of hydrogen-bond acceptors (Lipinski definition) is 7. The molecule has 5 N–H and O–H groups in total. The van der Waals surface area contributed by atoms with Gasteiger partial charge >= 0.3 is 17.9 Å². The highest BCUT2D eigenvalue weighted by molar-refractivity contribution is 5.91. The van der Waals surface area contributed by atoms with Crippen molar-refractivity contribution in [2.75, 3.05) is 30.0 Å². The molecule has 1 aromatic heterocycles. The summed E-state index contributed by atoms with van der Waals surface area (Å²) in [5.41, 5.74) is 16.0. The zero-order valence-corrected chi connectivity index (χ0v) is 20.2. The van der Waals surface area contributed by atoms with Crippen molar-refractivity contribution in [1.29, 1.82) is 0 Å². The topological polar surface area (TPSA) is 139 Å². The number of hydrogen-bond donors (Lipinski definition) is 3. The largest absolute Gasteiger partial charge is 0.351 e. The van der Waals surface area contributed by atoms with Crippen molar-refractivity contribution in [2.45, 2.75) is 27.7 Å². The summed E-state index contributed by atoms with van der Waals surface area (Å²) in [5, 5.41) is 11.0. The second-order valence-corrected chi connectivity index (χ2v) is 7.88. The van der Waals surface area contributed by atoms with Gasteiger partial charge in [0.05, 0.1) is 18.4 Å². The van der Waals surface area contributed by atoms with Gasteiger partial charge < -0.3 is 21.7 Å². The van der Waals surface area contributed by atoms with E-state index in [1.165, 1.54) is 5.56 Å². The summed E-state index contributed by atoms with van der Waals surface area (Å²) >= 11 is 0. The highest BCUT2D eigenvalue weighted by Gasteiger charge is 2.13. The van der Waals surface area contributed by atoms with Gasteiger partial charge in [0.1, 0.15) is 5.69 Å². The molecule has 0 saturated carbocycles. The van der Waals surface area contributed by atoms with Gasteiger partial charge in [0.15, 0.2) is 0 Å². The number of carbonyl (C=O) groups is 1. The lowest BCUT2D eigenvalue weighted by Crippen LogP contribution is -2.39. The van der Waals surface area contributed by atoms with Gasteiger partial charge in [0.25, 0.3) is 0 Å². The van der Waals surface area contributed by atoms with E-state index in [1.54, 1.807) is 16.7 Å². The van der Waals surface area contributed by atoms with E-state index < -0.39 is 6.03 Å². The number of aryl methyl sites for hydroxylation is 4. The van der Waals surface area contributed by atoms with Crippen LogP contribution in [0, 0.1) is 27.7 Å². The van der Waals surface area contributed by atoms with Gasteiger partial charge in [-0.25, -0.2) is 9.36 Å². The molecule has 0 spiro atoms. The molecular formula is C23H32N9O+. The lowest BCUT2D eigenvalue weighted by molar-refractivity contribution is -0.668. The molecule has 0 aliphatic carbocycles. The van der Waals surface area contributed by atoms with Gasteiger partial charge in [-0.2, -0.15) is 5.11 Å². The van der Waals surface area contributed by atoms with Crippen molar-refractivity contribution in [1.82, 2.24) is 9.97 Å². The predicted octanol–water partition coefficient (Wildman–Crippen LogP) is 3.78. The minimum atomic E-state index is -0.622. The molecule has 0 atom stereocenters. The maximum Gasteiger partial charge on any atom is 0.348 e. The fourth-order valence-corrected chi connectivity index (χ4v) is 2.78. The minimum Gasteiger partial charge on any atom is -0.351 e. The van der Waals surface area contributed by atoms with Crippen molar-refractivity contribution in [3.05, 3.63) is 58.9 Å². The van der Waals surface area contributed by atoms with Crippen LogP contribution in [-0.4, -0.2) is 30.1 Å². The molecule has 10 heteroatoms. The quantitative estimate of drug-likeness (QED) is 0.410. The first-order valence-corrected chi connectivity index (χ1v) is 10.3. The molecule has 0 saturated heterocycles. The van der Waals surface area contributed by atoms with Crippen LogP contribution >= 0.6 is 0 Å². The Morgan fingerprint density at radius 3 is 2.09 bits per heavy atom. The second-order valence-electron chi connectivity index (χ2n) is 7.88. The molecule has 10 nitrogen and oxygen atoms in total. The highest BCUT2D eigenvalue weighted by atomic mass is 16.2. The van der Waals surface area contributed by atoms with E-state index in [-0.39, 0.29) is 0 Å². The van der Waals surface area contributed by atoms with Crippen LogP contribution in [0.4, 0.5) is 33.8 Å². The van der Waals surface area contributed by atoms with Gasteiger partial charge in [-0.3, -0.25) is 0 Å². The number of aromatic nitrogens is 3. The van der Waals surface area contributed by atoms with E-state index >= 15 is 0 Å². The summed E-state index contributed by atoms with van der Waals surface area (Å²) in [6, 6.07) is 10.8. The summed E-state index contributed by atoms with van der Waals surface area (Å²) in [6.45, 7) is 7.84. The number of anilines is 3. The number of amides is 2. The van der Waals surface area contributed by atoms with Gasteiger partial charge in [0, 0.05) is 21.0 Å². The van der Waals surface area contributed by atoms with Crippen molar-refractivity contribution < 1.29 is 9.36 Å². The number of nitrogen functional groups attached to an aromatic ring is 1. The van der Waals surface area contributed by atoms with Gasteiger partial charge in [-0.05, 0) is 50.1 Å². The number of nitrogens with zero attached hydrogens (tertiary/aromatic N) is 6. The molecule has 0 bridgehead atoms. The molecule has 0 aliphatic heterocycles. The Hall–Kier alpha value is -4.08. The Morgan fingerprint density at radius 2 is 1.55 bits per heavy atom. The Morgan fingerprint density at radius 1 is 0.970 bits per heavy atom. The van der Waals surface area contributed by atoms with Crippen LogP contribution < -0.4 is 26.3 Å². The summed E-state index contributed by atoms with van der Waals surface area (Å²) in [7, 11) is 5.60. The smallest absolute Gasteiger partial charge is 0.348 e. The van der Waals surface area contributed by atoms with Crippen LogP contribution in [-0.2, 0) is 7.05 Å². The van der Waals surface area contributed by atoms with E-state index in [2.05, 4.69) is 25.5 Å². The first-order chi connectivity index (χ1) is 15.5. The third-order valence-electron chi connectivity index (χ3n) is 4.73. The molecule has 3 rings (SSSR count). The highest BCUT2D eigenvalue weighted by Crippen LogP contribution is 2.29.